The smallest absolute Gasteiger partial charge is 0.154 e. The van der Waals surface area contributed by atoms with Crippen LogP contribution < -0.4 is 10.5 Å². The molecule has 2 N–H and O–H groups in total. The molecule has 0 aliphatic carbocycles. The quantitative estimate of drug-likeness (QED) is 0.498. The van der Waals surface area contributed by atoms with Gasteiger partial charge in [0.1, 0.15) is 5.75 Å². The van der Waals surface area contributed by atoms with Crippen molar-refractivity contribution in [3.63, 3.8) is 0 Å². The minimum atomic E-state index is 0.338. The van der Waals surface area contributed by atoms with E-state index in [0.29, 0.717) is 36.1 Å². The average molecular weight is 277 g/mol. The maximum Gasteiger partial charge on any atom is 0.154 e. The highest BCUT2D eigenvalue weighted by molar-refractivity contribution is 5.92. The predicted molar refractivity (Wildman–Crippen MR) is 79.5 cm³/mol. The van der Waals surface area contributed by atoms with Gasteiger partial charge in [0.25, 0.3) is 0 Å². The lowest BCUT2D eigenvalue weighted by Gasteiger charge is -2.09. The number of aldehydes is 2. The molecule has 0 unspecified atom stereocenters. The van der Waals surface area contributed by atoms with E-state index in [1.54, 1.807) is 18.2 Å². The Bertz CT molecular complexity index is 418. The highest BCUT2D eigenvalue weighted by atomic mass is 16.5. The Labute approximate surface area is 120 Å². The van der Waals surface area contributed by atoms with Gasteiger partial charge in [-0.1, -0.05) is 37.8 Å². The van der Waals surface area contributed by atoms with Gasteiger partial charge in [-0.05, 0) is 25.5 Å². The van der Waals surface area contributed by atoms with Crippen molar-refractivity contribution in [2.24, 2.45) is 5.73 Å². The lowest BCUT2D eigenvalue weighted by atomic mass is 10.1. The molecule has 0 aliphatic heterocycles. The SMILES string of the molecule is NCCCCCCCCOc1cccc(C=O)c1C=O. The van der Waals surface area contributed by atoms with Gasteiger partial charge in [0.2, 0.25) is 0 Å². The van der Waals surface area contributed by atoms with E-state index in [1.165, 1.54) is 19.3 Å². The van der Waals surface area contributed by atoms with Crippen LogP contribution >= 0.6 is 0 Å². The molecule has 4 nitrogen and oxygen atoms in total. The molecule has 4 heteroatoms. The second-order valence-corrected chi connectivity index (χ2v) is 4.75. The zero-order valence-corrected chi connectivity index (χ0v) is 11.8. The molecule has 0 heterocycles. The van der Waals surface area contributed by atoms with Crippen molar-refractivity contribution in [1.29, 1.82) is 0 Å². The molecule has 0 amide bonds. The number of carbonyl (C=O) groups is 2. The van der Waals surface area contributed by atoms with Gasteiger partial charge < -0.3 is 10.5 Å². The van der Waals surface area contributed by atoms with Crippen LogP contribution in [0.15, 0.2) is 18.2 Å². The Kier molecular flexibility index (Phi) is 8.31. The molecule has 0 fully saturated rings. The number of benzene rings is 1. The number of hydrogen-bond acceptors (Lipinski definition) is 4. The fourth-order valence-corrected chi connectivity index (χ4v) is 2.05. The molecule has 0 aliphatic rings. The number of rotatable bonds is 11. The summed E-state index contributed by atoms with van der Waals surface area (Å²) in [6.45, 7) is 1.34. The number of hydrogen-bond donors (Lipinski definition) is 1. The number of unbranched alkanes of at least 4 members (excludes halogenated alkanes) is 5. The molecule has 0 radical (unpaired) electrons. The van der Waals surface area contributed by atoms with E-state index in [0.717, 1.165) is 25.8 Å². The van der Waals surface area contributed by atoms with E-state index in [9.17, 15) is 9.59 Å². The number of ether oxygens (including phenoxy) is 1. The van der Waals surface area contributed by atoms with E-state index < -0.39 is 0 Å². The lowest BCUT2D eigenvalue weighted by molar-refractivity contribution is 0.109. The van der Waals surface area contributed by atoms with Crippen LogP contribution in [-0.4, -0.2) is 25.7 Å². The van der Waals surface area contributed by atoms with E-state index in [4.69, 9.17) is 10.5 Å². The fraction of sp³-hybridized carbons (Fsp3) is 0.500. The summed E-state index contributed by atoms with van der Waals surface area (Å²) < 4.78 is 5.59. The topological polar surface area (TPSA) is 69.4 Å². The third kappa shape index (κ3) is 5.53. The Hall–Kier alpha value is -1.68. The van der Waals surface area contributed by atoms with E-state index >= 15 is 0 Å². The summed E-state index contributed by atoms with van der Waals surface area (Å²) in [7, 11) is 0. The molecule has 1 aromatic rings. The van der Waals surface area contributed by atoms with Crippen LogP contribution in [0.5, 0.6) is 5.75 Å². The van der Waals surface area contributed by atoms with Crippen LogP contribution in [0.2, 0.25) is 0 Å². The van der Waals surface area contributed by atoms with Gasteiger partial charge >= 0.3 is 0 Å². The first-order valence-corrected chi connectivity index (χ1v) is 7.19. The van der Waals surface area contributed by atoms with Crippen LogP contribution in [-0.2, 0) is 0 Å². The first kappa shape index (κ1) is 16.4. The van der Waals surface area contributed by atoms with Crippen molar-refractivity contribution in [1.82, 2.24) is 0 Å². The predicted octanol–water partition coefficient (Wildman–Crippen LogP) is 2.99. The standard InChI is InChI=1S/C16H23NO3/c17-10-5-3-1-2-4-6-11-20-16-9-7-8-14(12-18)15(16)13-19/h7-9,12-13H,1-6,10-11,17H2. The van der Waals surface area contributed by atoms with Crippen molar-refractivity contribution in [2.45, 2.75) is 38.5 Å². The third-order valence-electron chi connectivity index (χ3n) is 3.20. The van der Waals surface area contributed by atoms with Gasteiger partial charge in [0, 0.05) is 5.56 Å². The van der Waals surface area contributed by atoms with Crippen molar-refractivity contribution in [3.05, 3.63) is 29.3 Å². The van der Waals surface area contributed by atoms with Crippen LogP contribution in [0, 0.1) is 0 Å². The molecular weight excluding hydrogens is 254 g/mol. The summed E-state index contributed by atoms with van der Waals surface area (Å²) in [5.41, 5.74) is 6.15. The highest BCUT2D eigenvalue weighted by Gasteiger charge is 2.07. The van der Waals surface area contributed by atoms with Crippen LogP contribution in [0.4, 0.5) is 0 Å². The largest absolute Gasteiger partial charge is 0.493 e. The summed E-state index contributed by atoms with van der Waals surface area (Å²) in [4.78, 5) is 21.8. The van der Waals surface area contributed by atoms with Crippen molar-refractivity contribution in [2.75, 3.05) is 13.2 Å². The molecular formula is C16H23NO3. The summed E-state index contributed by atoms with van der Waals surface area (Å²) in [6, 6.07) is 5.05. The summed E-state index contributed by atoms with van der Waals surface area (Å²) >= 11 is 0. The van der Waals surface area contributed by atoms with Crippen molar-refractivity contribution >= 4 is 12.6 Å². The van der Waals surface area contributed by atoms with Crippen LogP contribution in [0.3, 0.4) is 0 Å². The van der Waals surface area contributed by atoms with Crippen molar-refractivity contribution in [3.8, 4) is 5.75 Å². The highest BCUT2D eigenvalue weighted by Crippen LogP contribution is 2.20. The molecule has 0 aromatic heterocycles. The molecule has 0 saturated carbocycles. The zero-order valence-electron chi connectivity index (χ0n) is 11.8. The normalized spacial score (nSPS) is 10.2. The maximum absolute atomic E-state index is 11.0. The zero-order chi connectivity index (χ0) is 14.6. The van der Waals surface area contributed by atoms with Gasteiger partial charge in [-0.2, -0.15) is 0 Å². The summed E-state index contributed by atoms with van der Waals surface area (Å²) in [6.07, 6.45) is 8.07. The van der Waals surface area contributed by atoms with Gasteiger partial charge in [0.15, 0.2) is 12.6 Å². The third-order valence-corrected chi connectivity index (χ3v) is 3.20. The molecule has 1 aromatic carbocycles. The van der Waals surface area contributed by atoms with E-state index in [1.807, 2.05) is 0 Å². The number of carbonyl (C=O) groups excluding carboxylic acids is 2. The lowest BCUT2D eigenvalue weighted by Crippen LogP contribution is -2.02. The molecule has 0 bridgehead atoms. The average Bonchev–Trinajstić information content (AvgIpc) is 2.49. The molecule has 20 heavy (non-hydrogen) atoms. The monoisotopic (exact) mass is 277 g/mol. The second kappa shape index (κ2) is 10.1. The van der Waals surface area contributed by atoms with Gasteiger partial charge in [-0.25, -0.2) is 0 Å². The molecule has 0 atom stereocenters. The van der Waals surface area contributed by atoms with Gasteiger partial charge in [-0.15, -0.1) is 0 Å². The minimum Gasteiger partial charge on any atom is -0.493 e. The van der Waals surface area contributed by atoms with Crippen LogP contribution in [0.1, 0.15) is 59.2 Å². The summed E-state index contributed by atoms with van der Waals surface area (Å²) in [5, 5.41) is 0. The molecule has 0 spiro atoms. The second-order valence-electron chi connectivity index (χ2n) is 4.75. The van der Waals surface area contributed by atoms with Crippen molar-refractivity contribution < 1.29 is 14.3 Å². The first-order valence-electron chi connectivity index (χ1n) is 7.19. The Morgan fingerprint density at radius 1 is 0.950 bits per heavy atom. The Morgan fingerprint density at radius 2 is 1.65 bits per heavy atom. The number of nitrogens with two attached hydrogens (primary N) is 1. The Morgan fingerprint density at radius 3 is 2.30 bits per heavy atom. The van der Waals surface area contributed by atoms with E-state index in [-0.39, 0.29) is 0 Å². The minimum absolute atomic E-state index is 0.338. The Balaban J connectivity index is 2.28. The first-order chi connectivity index (χ1) is 9.83. The molecule has 1 rings (SSSR count). The summed E-state index contributed by atoms with van der Waals surface area (Å²) in [5.74, 6) is 0.493. The van der Waals surface area contributed by atoms with Crippen LogP contribution in [0.25, 0.3) is 0 Å². The van der Waals surface area contributed by atoms with Gasteiger partial charge in [-0.3, -0.25) is 9.59 Å². The van der Waals surface area contributed by atoms with Gasteiger partial charge in [0.05, 0.1) is 12.2 Å². The molecule has 0 saturated heterocycles. The maximum atomic E-state index is 11.0. The fourth-order valence-electron chi connectivity index (χ4n) is 2.05. The molecule has 110 valence electrons. The van der Waals surface area contributed by atoms with E-state index in [2.05, 4.69) is 0 Å².